The number of carbonyl (C=O) groups excluding carboxylic acids is 2. The van der Waals surface area contributed by atoms with Crippen LogP contribution in [0.15, 0.2) is 53.6 Å². The van der Waals surface area contributed by atoms with Crippen molar-refractivity contribution < 1.29 is 18.7 Å². The molecule has 0 saturated heterocycles. The molecule has 0 aliphatic carbocycles. The molecule has 1 heterocycles. The van der Waals surface area contributed by atoms with Gasteiger partial charge in [0, 0.05) is 37.2 Å². The quantitative estimate of drug-likeness (QED) is 0.650. The van der Waals surface area contributed by atoms with Crippen molar-refractivity contribution in [3.8, 4) is 0 Å². The van der Waals surface area contributed by atoms with Gasteiger partial charge in [-0.3, -0.25) is 4.79 Å². The van der Waals surface area contributed by atoms with Gasteiger partial charge in [-0.2, -0.15) is 5.10 Å². The van der Waals surface area contributed by atoms with Gasteiger partial charge in [0.2, 0.25) is 0 Å². The van der Waals surface area contributed by atoms with Gasteiger partial charge in [0.15, 0.2) is 0 Å². The lowest BCUT2D eigenvalue weighted by Crippen LogP contribution is -2.47. The monoisotopic (exact) mass is 460 g/mol. The summed E-state index contributed by atoms with van der Waals surface area (Å²) >= 11 is 6.02. The average Bonchev–Trinajstić information content (AvgIpc) is 3.22. The molecule has 0 radical (unpaired) electrons. The number of benzene rings is 2. The molecule has 0 aromatic heterocycles. The Morgan fingerprint density at radius 1 is 1.25 bits per heavy atom. The zero-order valence-corrected chi connectivity index (χ0v) is 18.8. The Balaban J connectivity index is 1.90. The minimum absolute atomic E-state index is 0.187. The molecule has 0 fully saturated rings. The van der Waals surface area contributed by atoms with E-state index in [1.54, 1.807) is 37.3 Å². The molecular formula is C23H26ClFN4O3. The van der Waals surface area contributed by atoms with Crippen molar-refractivity contribution in [2.24, 2.45) is 5.10 Å². The van der Waals surface area contributed by atoms with Crippen molar-refractivity contribution in [2.75, 3.05) is 33.4 Å². The third-order valence-electron chi connectivity index (χ3n) is 5.11. The highest BCUT2D eigenvalue weighted by molar-refractivity contribution is 6.30. The molecule has 3 amide bonds. The van der Waals surface area contributed by atoms with Gasteiger partial charge in [-0.15, -0.1) is 0 Å². The Kier molecular flexibility index (Phi) is 8.19. The zero-order valence-electron chi connectivity index (χ0n) is 18.1. The summed E-state index contributed by atoms with van der Waals surface area (Å²) in [4.78, 5) is 27.1. The zero-order chi connectivity index (χ0) is 23.1. The SMILES string of the molecule is CCNC(=O)N(CCOC)CC(=O)N1N=C(c2ccccc2F)C[C@H]1c1ccc(Cl)cc1. The molecular weight excluding hydrogens is 435 g/mol. The minimum atomic E-state index is -0.437. The summed E-state index contributed by atoms with van der Waals surface area (Å²) in [6.07, 6.45) is 0.341. The fourth-order valence-corrected chi connectivity index (χ4v) is 3.62. The van der Waals surface area contributed by atoms with Crippen molar-refractivity contribution in [1.29, 1.82) is 0 Å². The van der Waals surface area contributed by atoms with Crippen molar-refractivity contribution in [3.05, 3.63) is 70.5 Å². The Morgan fingerprint density at radius 2 is 1.97 bits per heavy atom. The highest BCUT2D eigenvalue weighted by atomic mass is 35.5. The molecule has 1 aliphatic heterocycles. The van der Waals surface area contributed by atoms with Crippen molar-refractivity contribution in [2.45, 2.75) is 19.4 Å². The number of halogens is 2. The number of hydrogen-bond acceptors (Lipinski definition) is 4. The molecule has 2 aromatic carbocycles. The predicted octanol–water partition coefficient (Wildman–Crippen LogP) is 3.83. The van der Waals surface area contributed by atoms with Crippen LogP contribution in [0.1, 0.15) is 30.5 Å². The van der Waals surface area contributed by atoms with Crippen LogP contribution in [0.2, 0.25) is 5.02 Å². The number of carbonyl (C=O) groups is 2. The first-order valence-corrected chi connectivity index (χ1v) is 10.7. The lowest BCUT2D eigenvalue weighted by molar-refractivity contribution is -0.133. The Hall–Kier alpha value is -2.97. The maximum Gasteiger partial charge on any atom is 0.317 e. The van der Waals surface area contributed by atoms with E-state index in [0.29, 0.717) is 29.3 Å². The molecule has 0 spiro atoms. The van der Waals surface area contributed by atoms with E-state index in [2.05, 4.69) is 10.4 Å². The fraction of sp³-hybridized carbons (Fsp3) is 0.348. The molecule has 1 aliphatic rings. The first-order chi connectivity index (χ1) is 15.4. The Labute approximate surface area is 191 Å². The normalized spacial score (nSPS) is 15.4. The maximum absolute atomic E-state index is 14.4. The topological polar surface area (TPSA) is 74.2 Å². The highest BCUT2D eigenvalue weighted by Crippen LogP contribution is 2.34. The molecule has 1 N–H and O–H groups in total. The van der Waals surface area contributed by atoms with E-state index < -0.39 is 11.9 Å². The number of ether oxygens (including phenoxy) is 1. The van der Waals surface area contributed by atoms with Crippen LogP contribution in [0.3, 0.4) is 0 Å². The molecule has 7 nitrogen and oxygen atoms in total. The number of hydrogen-bond donors (Lipinski definition) is 1. The number of hydrazone groups is 1. The van der Waals surface area contributed by atoms with Gasteiger partial charge >= 0.3 is 6.03 Å². The van der Waals surface area contributed by atoms with Crippen LogP contribution in [0.25, 0.3) is 0 Å². The maximum atomic E-state index is 14.4. The van der Waals surface area contributed by atoms with Gasteiger partial charge in [0.25, 0.3) is 5.91 Å². The Bertz CT molecular complexity index is 983. The molecule has 1 atom stereocenters. The van der Waals surface area contributed by atoms with Crippen molar-refractivity contribution in [1.82, 2.24) is 15.2 Å². The second-order valence-corrected chi connectivity index (χ2v) is 7.72. The number of methoxy groups -OCH3 is 1. The first kappa shape index (κ1) is 23.7. The third-order valence-corrected chi connectivity index (χ3v) is 5.36. The smallest absolute Gasteiger partial charge is 0.317 e. The highest BCUT2D eigenvalue weighted by Gasteiger charge is 2.35. The third kappa shape index (κ3) is 5.63. The summed E-state index contributed by atoms with van der Waals surface area (Å²) in [5.74, 6) is -0.780. The number of rotatable bonds is 8. The van der Waals surface area contributed by atoms with Gasteiger partial charge < -0.3 is 15.0 Å². The van der Waals surface area contributed by atoms with Crippen LogP contribution in [-0.2, 0) is 9.53 Å². The average molecular weight is 461 g/mol. The van der Waals surface area contributed by atoms with E-state index in [-0.39, 0.29) is 31.6 Å². The molecule has 170 valence electrons. The lowest BCUT2D eigenvalue weighted by atomic mass is 9.98. The van der Waals surface area contributed by atoms with Crippen LogP contribution >= 0.6 is 11.6 Å². The molecule has 9 heteroatoms. The second-order valence-electron chi connectivity index (χ2n) is 7.29. The van der Waals surface area contributed by atoms with Crippen molar-refractivity contribution >= 4 is 29.3 Å². The Morgan fingerprint density at radius 3 is 2.62 bits per heavy atom. The van der Waals surface area contributed by atoms with Crippen LogP contribution in [0.5, 0.6) is 0 Å². The van der Waals surface area contributed by atoms with Gasteiger partial charge in [0.1, 0.15) is 12.4 Å². The largest absolute Gasteiger partial charge is 0.383 e. The van der Waals surface area contributed by atoms with Crippen LogP contribution in [-0.4, -0.2) is 60.9 Å². The molecule has 2 aromatic rings. The minimum Gasteiger partial charge on any atom is -0.383 e. The van der Waals surface area contributed by atoms with Gasteiger partial charge in [-0.25, -0.2) is 14.2 Å². The van der Waals surface area contributed by atoms with E-state index in [4.69, 9.17) is 16.3 Å². The van der Waals surface area contributed by atoms with E-state index >= 15 is 0 Å². The van der Waals surface area contributed by atoms with E-state index in [1.807, 2.05) is 12.1 Å². The summed E-state index contributed by atoms with van der Waals surface area (Å²) in [7, 11) is 1.53. The molecule has 0 saturated carbocycles. The summed E-state index contributed by atoms with van der Waals surface area (Å²) in [5.41, 5.74) is 1.64. The standard InChI is InChI=1S/C23H26ClFN4O3/c1-3-26-23(31)28(12-13-32-2)15-22(30)29-21(16-8-10-17(24)11-9-16)14-20(27-29)18-6-4-5-7-19(18)25/h4-11,21H,3,12-15H2,1-2H3,(H,26,31)/t21-/m0/s1. The van der Waals surface area contributed by atoms with Crippen LogP contribution in [0, 0.1) is 5.82 Å². The van der Waals surface area contributed by atoms with Crippen LogP contribution in [0.4, 0.5) is 9.18 Å². The molecule has 3 rings (SSSR count). The van der Waals surface area contributed by atoms with Crippen molar-refractivity contribution in [3.63, 3.8) is 0 Å². The fourth-order valence-electron chi connectivity index (χ4n) is 3.50. The first-order valence-electron chi connectivity index (χ1n) is 10.4. The summed E-state index contributed by atoms with van der Waals surface area (Å²) in [6.45, 7) is 2.58. The summed E-state index contributed by atoms with van der Waals surface area (Å²) in [6, 6.07) is 12.6. The van der Waals surface area contributed by atoms with Gasteiger partial charge in [0.05, 0.1) is 18.4 Å². The van der Waals surface area contributed by atoms with Crippen LogP contribution < -0.4 is 5.32 Å². The molecule has 0 unspecified atom stereocenters. The lowest BCUT2D eigenvalue weighted by Gasteiger charge is -2.27. The number of amides is 3. The number of nitrogens with one attached hydrogen (secondary N) is 1. The molecule has 32 heavy (non-hydrogen) atoms. The van der Waals surface area contributed by atoms with E-state index in [0.717, 1.165) is 5.56 Å². The summed E-state index contributed by atoms with van der Waals surface area (Å²) < 4.78 is 19.5. The second kappa shape index (κ2) is 11.1. The predicted molar refractivity (Wildman–Crippen MR) is 121 cm³/mol. The van der Waals surface area contributed by atoms with Gasteiger partial charge in [-0.05, 0) is 30.7 Å². The summed E-state index contributed by atoms with van der Waals surface area (Å²) in [5, 5.41) is 9.09. The van der Waals surface area contributed by atoms with E-state index in [9.17, 15) is 14.0 Å². The van der Waals surface area contributed by atoms with Gasteiger partial charge in [-0.1, -0.05) is 41.9 Å². The molecule has 0 bridgehead atoms. The number of nitrogens with zero attached hydrogens (tertiary/aromatic N) is 3. The van der Waals surface area contributed by atoms with E-state index in [1.165, 1.54) is 23.1 Å². The number of urea groups is 1.